The van der Waals surface area contributed by atoms with Crippen molar-refractivity contribution in [1.29, 1.82) is 0 Å². The fraction of sp³-hybridized carbons (Fsp3) is 0.739. The Balaban J connectivity index is 1.10. The van der Waals surface area contributed by atoms with Gasteiger partial charge >= 0.3 is 0 Å². The van der Waals surface area contributed by atoms with Crippen LogP contribution in [0.15, 0.2) is 24.3 Å². The van der Waals surface area contributed by atoms with Gasteiger partial charge in [0.15, 0.2) is 0 Å². The number of hydrogen-bond donors (Lipinski definition) is 2. The molecule has 146 valence electrons. The van der Waals surface area contributed by atoms with E-state index in [1.165, 1.54) is 12.0 Å². The van der Waals surface area contributed by atoms with E-state index >= 15 is 0 Å². The molecular weight excluding hydrogens is 340 g/mol. The van der Waals surface area contributed by atoms with Gasteiger partial charge in [-0.3, -0.25) is 0 Å². The molecule has 0 spiro atoms. The maximum Gasteiger partial charge on any atom is 0.204 e. The lowest BCUT2D eigenvalue weighted by molar-refractivity contribution is -0.487. The predicted octanol–water partition coefficient (Wildman–Crippen LogP) is 4.51. The Hall–Kier alpha value is -1.10. The molecule has 0 radical (unpaired) electrons. The van der Waals surface area contributed by atoms with Crippen LogP contribution in [0.3, 0.4) is 0 Å². The summed E-state index contributed by atoms with van der Waals surface area (Å²) in [5.41, 5.74) is 1.16. The summed E-state index contributed by atoms with van der Waals surface area (Å²) in [4.78, 5) is 12.1. The van der Waals surface area contributed by atoms with Crippen LogP contribution < -0.4 is 0 Å². The quantitative estimate of drug-likeness (QED) is 0.465. The second kappa shape index (κ2) is 5.71. The molecule has 1 unspecified atom stereocenters. The van der Waals surface area contributed by atoms with Gasteiger partial charge in [0, 0.05) is 11.8 Å². The highest BCUT2D eigenvalue weighted by Gasteiger charge is 2.63. The van der Waals surface area contributed by atoms with Gasteiger partial charge in [-0.1, -0.05) is 12.1 Å². The fourth-order valence-electron chi connectivity index (χ4n) is 7.18. The van der Waals surface area contributed by atoms with Crippen LogP contribution in [0.2, 0.25) is 0 Å². The van der Waals surface area contributed by atoms with Gasteiger partial charge in [0.25, 0.3) is 0 Å². The average Bonchev–Trinajstić information content (AvgIpc) is 3.39. The van der Waals surface area contributed by atoms with Crippen molar-refractivity contribution in [1.82, 2.24) is 0 Å². The van der Waals surface area contributed by atoms with E-state index in [0.29, 0.717) is 17.6 Å². The lowest BCUT2D eigenvalue weighted by Gasteiger charge is -2.57. The molecule has 1 aromatic rings. The number of fused-ring (bicyclic) bond motifs is 1. The highest BCUT2D eigenvalue weighted by atomic mass is 17.2. The summed E-state index contributed by atoms with van der Waals surface area (Å²) in [6.45, 7) is 0. The molecule has 6 aliphatic carbocycles. The molecule has 4 heteroatoms. The molecule has 7 rings (SSSR count). The molecule has 0 aliphatic heterocycles. The van der Waals surface area contributed by atoms with E-state index in [1.807, 2.05) is 12.1 Å². The molecular formula is C23H30O4. The number of phenols is 1. The summed E-state index contributed by atoms with van der Waals surface area (Å²) >= 11 is 0. The third kappa shape index (κ3) is 2.60. The summed E-state index contributed by atoms with van der Waals surface area (Å²) in [7, 11) is 0. The Bertz CT molecular complexity index is 700. The Morgan fingerprint density at radius 1 is 0.815 bits per heavy atom. The van der Waals surface area contributed by atoms with Crippen LogP contribution in [0.25, 0.3) is 0 Å². The summed E-state index contributed by atoms with van der Waals surface area (Å²) in [5, 5.41) is 20.8. The SMILES string of the molecule is Oc1ccc([C@H]2CC[C@]3(OOC4(O)C5CC6CC(C5)CC4C6)CC3C2)cc1. The van der Waals surface area contributed by atoms with E-state index in [9.17, 15) is 10.2 Å². The maximum atomic E-state index is 11.3. The summed E-state index contributed by atoms with van der Waals surface area (Å²) in [5.74, 6) is 2.53. The van der Waals surface area contributed by atoms with Gasteiger partial charge in [-0.15, -0.1) is 0 Å². The number of phenolic OH excluding ortho intramolecular Hbond substituents is 1. The Labute approximate surface area is 160 Å². The summed E-state index contributed by atoms with van der Waals surface area (Å²) in [6.07, 6.45) is 10.1. The molecule has 6 aliphatic rings. The molecule has 27 heavy (non-hydrogen) atoms. The highest BCUT2D eigenvalue weighted by molar-refractivity contribution is 5.30. The van der Waals surface area contributed by atoms with E-state index in [2.05, 4.69) is 0 Å². The molecule has 2 N–H and O–H groups in total. The molecule has 4 nitrogen and oxygen atoms in total. The number of rotatable bonds is 4. The second-order valence-electron chi connectivity index (χ2n) is 10.3. The van der Waals surface area contributed by atoms with Gasteiger partial charge in [-0.2, -0.15) is 0 Å². The van der Waals surface area contributed by atoms with E-state index in [4.69, 9.17) is 9.78 Å². The van der Waals surface area contributed by atoms with Crippen molar-refractivity contribution >= 4 is 0 Å². The van der Waals surface area contributed by atoms with Crippen molar-refractivity contribution in [3.63, 3.8) is 0 Å². The molecule has 6 saturated carbocycles. The van der Waals surface area contributed by atoms with Gasteiger partial charge in [-0.05, 0) is 99.2 Å². The van der Waals surface area contributed by atoms with Gasteiger partial charge in [0.1, 0.15) is 11.4 Å². The number of aromatic hydroxyl groups is 1. The smallest absolute Gasteiger partial charge is 0.204 e. The van der Waals surface area contributed by atoms with Crippen LogP contribution in [0.5, 0.6) is 5.75 Å². The predicted molar refractivity (Wildman–Crippen MR) is 99.7 cm³/mol. The zero-order valence-corrected chi connectivity index (χ0v) is 15.8. The third-order valence-corrected chi connectivity index (χ3v) is 8.67. The van der Waals surface area contributed by atoms with Gasteiger partial charge in [-0.25, -0.2) is 9.78 Å². The maximum absolute atomic E-state index is 11.3. The lowest BCUT2D eigenvalue weighted by Crippen LogP contribution is -2.59. The van der Waals surface area contributed by atoms with Crippen molar-refractivity contribution in [3.05, 3.63) is 29.8 Å². The largest absolute Gasteiger partial charge is 0.508 e. The van der Waals surface area contributed by atoms with Crippen molar-refractivity contribution in [2.24, 2.45) is 29.6 Å². The standard InChI is InChI=1S/C23H30O4/c24-21-3-1-16(2-4-21)17-5-6-22(13-20(22)12-17)26-27-23(25)18-8-14-7-15(10-18)11-19(23)9-14/h1-4,14-15,17-20,24-25H,5-13H2/t14?,15?,17-,18?,19?,20?,22-,23?/m0/s1. The first-order valence-corrected chi connectivity index (χ1v) is 10.9. The first-order valence-electron chi connectivity index (χ1n) is 10.9. The van der Waals surface area contributed by atoms with Gasteiger partial charge < -0.3 is 10.2 Å². The van der Waals surface area contributed by atoms with E-state index < -0.39 is 5.79 Å². The number of hydrogen-bond acceptors (Lipinski definition) is 4. The topological polar surface area (TPSA) is 58.9 Å². The fourth-order valence-corrected chi connectivity index (χ4v) is 7.18. The van der Waals surface area contributed by atoms with Crippen molar-refractivity contribution < 1.29 is 20.0 Å². The first-order chi connectivity index (χ1) is 13.0. The van der Waals surface area contributed by atoms with Crippen molar-refractivity contribution in [2.75, 3.05) is 0 Å². The second-order valence-corrected chi connectivity index (χ2v) is 10.3. The minimum atomic E-state index is -1.04. The minimum Gasteiger partial charge on any atom is -0.508 e. The highest BCUT2D eigenvalue weighted by Crippen LogP contribution is 2.62. The van der Waals surface area contributed by atoms with Crippen LogP contribution in [-0.2, 0) is 9.78 Å². The zero-order chi connectivity index (χ0) is 18.2. The minimum absolute atomic E-state index is 0.155. The van der Waals surface area contributed by atoms with Crippen LogP contribution in [0, 0.1) is 29.6 Å². The molecule has 0 saturated heterocycles. The van der Waals surface area contributed by atoms with Crippen LogP contribution in [0.4, 0.5) is 0 Å². The van der Waals surface area contributed by atoms with Crippen LogP contribution in [0.1, 0.15) is 69.3 Å². The van der Waals surface area contributed by atoms with E-state index in [0.717, 1.165) is 63.2 Å². The normalized spacial score (nSPS) is 49.8. The van der Waals surface area contributed by atoms with Crippen molar-refractivity contribution in [3.8, 4) is 5.75 Å². The molecule has 0 aromatic heterocycles. The van der Waals surface area contributed by atoms with Crippen LogP contribution in [-0.4, -0.2) is 21.6 Å². The number of aliphatic hydroxyl groups is 1. The van der Waals surface area contributed by atoms with Crippen molar-refractivity contribution in [2.45, 2.75) is 75.1 Å². The lowest BCUT2D eigenvalue weighted by atomic mass is 9.53. The Morgan fingerprint density at radius 3 is 2.11 bits per heavy atom. The summed E-state index contributed by atoms with van der Waals surface area (Å²) in [6, 6.07) is 7.66. The van der Waals surface area contributed by atoms with Gasteiger partial charge in [0.05, 0.1) is 0 Å². The van der Waals surface area contributed by atoms with E-state index in [1.54, 1.807) is 12.1 Å². The molecule has 1 aromatic carbocycles. The Morgan fingerprint density at radius 2 is 1.48 bits per heavy atom. The molecule has 4 bridgehead atoms. The third-order valence-electron chi connectivity index (χ3n) is 8.67. The molecule has 6 fully saturated rings. The first kappa shape index (κ1) is 16.8. The summed E-state index contributed by atoms with van der Waals surface area (Å²) < 4.78 is 0. The monoisotopic (exact) mass is 370 g/mol. The molecule has 0 heterocycles. The Kier molecular flexibility index (Phi) is 3.56. The molecule has 3 atom stereocenters. The van der Waals surface area contributed by atoms with Gasteiger partial charge in [0.2, 0.25) is 5.79 Å². The molecule has 0 amide bonds. The zero-order valence-electron chi connectivity index (χ0n) is 15.8. The van der Waals surface area contributed by atoms with E-state index in [-0.39, 0.29) is 17.4 Å². The average molecular weight is 370 g/mol. The van der Waals surface area contributed by atoms with Crippen LogP contribution >= 0.6 is 0 Å². The number of benzene rings is 1.